The van der Waals surface area contributed by atoms with Crippen LogP contribution in [-0.4, -0.2) is 62.2 Å². The average molecular weight is 443 g/mol. The van der Waals surface area contributed by atoms with Gasteiger partial charge < -0.3 is 15.5 Å². The largest absolute Gasteiger partial charge is 0.477 e. The summed E-state index contributed by atoms with van der Waals surface area (Å²) in [4.78, 5) is 49.0. The van der Waals surface area contributed by atoms with Crippen LogP contribution in [0.4, 0.5) is 0 Å². The normalized spacial score (nSPS) is 21.0. The summed E-state index contributed by atoms with van der Waals surface area (Å²) >= 11 is 1.20. The molecule has 3 amide bonds. The van der Waals surface area contributed by atoms with Crippen LogP contribution >= 0.6 is 11.8 Å². The predicted octanol–water partition coefficient (Wildman–Crippen LogP) is -0.526. The van der Waals surface area contributed by atoms with Gasteiger partial charge in [0.15, 0.2) is 6.10 Å². The first-order chi connectivity index (χ1) is 14.8. The average Bonchev–Trinajstić information content (AvgIpc) is 2.76. The van der Waals surface area contributed by atoms with Crippen molar-refractivity contribution in [2.24, 2.45) is 5.10 Å². The Morgan fingerprint density at radius 2 is 2.06 bits per heavy atom. The lowest BCUT2D eigenvalue weighted by Gasteiger charge is -2.49. The molecule has 2 heterocycles. The van der Waals surface area contributed by atoms with Crippen molar-refractivity contribution in [1.29, 1.82) is 5.26 Å². The fraction of sp³-hybridized carbons (Fsp3) is 0.263. The lowest BCUT2D eigenvalue weighted by atomic mass is 10.0. The molecule has 0 spiro atoms. The zero-order chi connectivity index (χ0) is 22.5. The number of fused-ring (bicyclic) bond motifs is 1. The molecule has 1 fully saturated rings. The maximum atomic E-state index is 12.6. The van der Waals surface area contributed by atoms with Crippen LogP contribution in [0.2, 0.25) is 0 Å². The number of amides is 3. The third-order valence-electron chi connectivity index (χ3n) is 4.51. The van der Waals surface area contributed by atoms with Crippen molar-refractivity contribution >= 4 is 41.7 Å². The highest BCUT2D eigenvalue weighted by Crippen LogP contribution is 2.40. The van der Waals surface area contributed by atoms with Gasteiger partial charge in [-0.3, -0.25) is 19.3 Å². The van der Waals surface area contributed by atoms with E-state index in [9.17, 15) is 29.4 Å². The summed E-state index contributed by atoms with van der Waals surface area (Å²) in [5, 5.41) is 33.6. The number of aliphatic hydroxyl groups excluding tert-OH is 1. The maximum absolute atomic E-state index is 12.6. The van der Waals surface area contributed by atoms with Crippen LogP contribution in [0.3, 0.4) is 0 Å². The molecular formula is C19H17N5O6S. The Morgan fingerprint density at radius 3 is 2.71 bits per heavy atom. The summed E-state index contributed by atoms with van der Waals surface area (Å²) < 4.78 is 0. The Hall–Kier alpha value is -3.69. The first-order valence-corrected chi connectivity index (χ1v) is 10.0. The number of benzene rings is 1. The number of carboxylic acid groups (broad SMARTS) is 1. The second-order valence-electron chi connectivity index (χ2n) is 6.52. The topological polar surface area (TPSA) is 172 Å². The molecule has 0 aliphatic carbocycles. The molecule has 1 aromatic carbocycles. The van der Waals surface area contributed by atoms with Crippen molar-refractivity contribution in [1.82, 2.24) is 15.6 Å². The number of carbonyl (C=O) groups is 4. The van der Waals surface area contributed by atoms with Crippen molar-refractivity contribution in [3.8, 4) is 6.07 Å². The van der Waals surface area contributed by atoms with E-state index in [0.29, 0.717) is 5.56 Å². The van der Waals surface area contributed by atoms with Gasteiger partial charge in [-0.2, -0.15) is 10.4 Å². The minimum atomic E-state index is -1.47. The molecule has 1 aromatic rings. The number of aliphatic hydroxyl groups is 1. The van der Waals surface area contributed by atoms with Gasteiger partial charge in [0.25, 0.3) is 17.7 Å². The van der Waals surface area contributed by atoms with Gasteiger partial charge in [0.05, 0.1) is 12.3 Å². The summed E-state index contributed by atoms with van der Waals surface area (Å²) in [7, 11) is 0. The second kappa shape index (κ2) is 9.41. The number of nitrogens with zero attached hydrogens (tertiary/aromatic N) is 3. The van der Waals surface area contributed by atoms with E-state index in [-0.39, 0.29) is 17.0 Å². The number of carbonyl (C=O) groups excluding carboxylic acids is 3. The smallest absolute Gasteiger partial charge is 0.353 e. The molecule has 0 saturated carbocycles. The highest BCUT2D eigenvalue weighted by atomic mass is 32.2. The molecule has 2 unspecified atom stereocenters. The van der Waals surface area contributed by atoms with E-state index in [2.05, 4.69) is 15.8 Å². The monoisotopic (exact) mass is 443 g/mol. The van der Waals surface area contributed by atoms with Crippen LogP contribution < -0.4 is 10.7 Å². The van der Waals surface area contributed by atoms with E-state index in [4.69, 9.17) is 5.26 Å². The molecule has 12 heteroatoms. The van der Waals surface area contributed by atoms with E-state index in [1.165, 1.54) is 11.8 Å². The SMILES string of the molecule is N#CCC(=O)NN=CC1=C(C(=O)O)N2C(=O)C(NC(=O)C(O)c3ccccc3)[C@H]2SC1. The Morgan fingerprint density at radius 1 is 1.35 bits per heavy atom. The van der Waals surface area contributed by atoms with Crippen LogP contribution in [-0.2, 0) is 19.2 Å². The Bertz CT molecular complexity index is 1020. The van der Waals surface area contributed by atoms with E-state index >= 15 is 0 Å². The van der Waals surface area contributed by atoms with E-state index < -0.39 is 47.6 Å². The van der Waals surface area contributed by atoms with Crippen LogP contribution in [0, 0.1) is 11.3 Å². The molecule has 0 aromatic heterocycles. The molecule has 3 atom stereocenters. The summed E-state index contributed by atoms with van der Waals surface area (Å²) in [5.41, 5.74) is 2.34. The lowest BCUT2D eigenvalue weighted by Crippen LogP contribution is -2.70. The second-order valence-corrected chi connectivity index (χ2v) is 7.62. The first kappa shape index (κ1) is 22.0. The van der Waals surface area contributed by atoms with Gasteiger partial charge in [-0.05, 0) is 5.56 Å². The Balaban J connectivity index is 1.71. The molecule has 2 aliphatic heterocycles. The van der Waals surface area contributed by atoms with Gasteiger partial charge in [-0.25, -0.2) is 10.2 Å². The summed E-state index contributed by atoms with van der Waals surface area (Å²) in [6, 6.07) is 8.86. The molecule has 0 radical (unpaired) electrons. The number of nitrogens with one attached hydrogen (secondary N) is 2. The van der Waals surface area contributed by atoms with Crippen LogP contribution in [0.15, 0.2) is 46.7 Å². The Kier molecular flexibility index (Phi) is 6.68. The molecule has 0 bridgehead atoms. The van der Waals surface area contributed by atoms with Crippen molar-refractivity contribution in [2.45, 2.75) is 23.9 Å². The van der Waals surface area contributed by atoms with Gasteiger partial charge in [0, 0.05) is 11.3 Å². The summed E-state index contributed by atoms with van der Waals surface area (Å²) in [6.45, 7) is 0. The third kappa shape index (κ3) is 4.57. The van der Waals surface area contributed by atoms with Crippen molar-refractivity contribution < 1.29 is 29.4 Å². The number of β-lactam (4-membered cyclic amide) rings is 1. The molecule has 1 saturated heterocycles. The number of hydrogen-bond donors (Lipinski definition) is 4. The highest BCUT2D eigenvalue weighted by molar-refractivity contribution is 8.00. The predicted molar refractivity (Wildman–Crippen MR) is 108 cm³/mol. The fourth-order valence-electron chi connectivity index (χ4n) is 3.05. The van der Waals surface area contributed by atoms with Crippen molar-refractivity contribution in [3.63, 3.8) is 0 Å². The molecule has 31 heavy (non-hydrogen) atoms. The Labute approximate surface area is 180 Å². The highest BCUT2D eigenvalue weighted by Gasteiger charge is 2.54. The number of hydrazone groups is 1. The number of rotatable bonds is 7. The number of hydrogen-bond acceptors (Lipinski definition) is 8. The molecule has 2 aliphatic rings. The van der Waals surface area contributed by atoms with Gasteiger partial charge >= 0.3 is 5.97 Å². The minimum Gasteiger partial charge on any atom is -0.477 e. The molecule has 160 valence electrons. The number of aliphatic carboxylic acids is 1. The third-order valence-corrected chi connectivity index (χ3v) is 5.81. The van der Waals surface area contributed by atoms with Crippen LogP contribution in [0.1, 0.15) is 18.1 Å². The molecule has 11 nitrogen and oxygen atoms in total. The summed E-state index contributed by atoms with van der Waals surface area (Å²) in [6.07, 6.45) is -0.758. The van der Waals surface area contributed by atoms with Crippen LogP contribution in [0.5, 0.6) is 0 Å². The molecule has 4 N–H and O–H groups in total. The zero-order valence-corrected chi connectivity index (χ0v) is 16.7. The first-order valence-electron chi connectivity index (χ1n) is 8.98. The van der Waals surface area contributed by atoms with Crippen LogP contribution in [0.25, 0.3) is 0 Å². The van der Waals surface area contributed by atoms with Gasteiger partial charge in [-0.1, -0.05) is 30.3 Å². The van der Waals surface area contributed by atoms with Gasteiger partial charge in [-0.15, -0.1) is 11.8 Å². The number of nitriles is 1. The molecule has 3 rings (SSSR count). The van der Waals surface area contributed by atoms with E-state index in [1.54, 1.807) is 36.4 Å². The quantitative estimate of drug-likeness (QED) is 0.247. The van der Waals surface area contributed by atoms with Crippen molar-refractivity contribution in [3.05, 3.63) is 47.2 Å². The van der Waals surface area contributed by atoms with E-state index in [1.807, 2.05) is 0 Å². The molecular weight excluding hydrogens is 426 g/mol. The summed E-state index contributed by atoms with van der Waals surface area (Å²) in [5.74, 6) is -3.27. The number of thioether (sulfide) groups is 1. The van der Waals surface area contributed by atoms with E-state index in [0.717, 1.165) is 11.1 Å². The zero-order valence-electron chi connectivity index (χ0n) is 15.9. The standard InChI is InChI=1S/C19H17N5O6S/c20-7-6-12(25)23-21-8-11-9-31-18-13(17(28)24(18)14(11)19(29)30)22-16(27)15(26)10-4-2-1-3-5-10/h1-5,8,13,15,18,26H,6,9H2,(H,22,27)(H,23,25)(H,29,30)/t13?,15?,18-/m1/s1. The number of carboxylic acids is 1. The maximum Gasteiger partial charge on any atom is 0.353 e. The van der Waals surface area contributed by atoms with Gasteiger partial charge in [0.1, 0.15) is 23.5 Å². The van der Waals surface area contributed by atoms with Gasteiger partial charge in [0.2, 0.25) is 0 Å². The fourth-order valence-corrected chi connectivity index (χ4v) is 4.35. The lowest BCUT2D eigenvalue weighted by molar-refractivity contribution is -0.151. The van der Waals surface area contributed by atoms with Crippen molar-refractivity contribution in [2.75, 3.05) is 5.75 Å². The minimum absolute atomic E-state index is 0.154.